The van der Waals surface area contributed by atoms with E-state index in [4.69, 9.17) is 10.7 Å². The predicted octanol–water partition coefficient (Wildman–Crippen LogP) is 2.28. The summed E-state index contributed by atoms with van der Waals surface area (Å²) in [6, 6.07) is 4.01. The number of hydrogen-bond donors (Lipinski definition) is 1. The van der Waals surface area contributed by atoms with Gasteiger partial charge in [-0.2, -0.15) is 0 Å². The molecule has 2 N–H and O–H groups in total. The molecule has 1 aliphatic rings. The largest absolute Gasteiger partial charge is 0.383 e. The third-order valence-electron chi connectivity index (χ3n) is 3.62. The van der Waals surface area contributed by atoms with Crippen molar-refractivity contribution in [2.24, 2.45) is 0 Å². The van der Waals surface area contributed by atoms with Crippen molar-refractivity contribution in [2.45, 2.75) is 32.2 Å². The second-order valence-electron chi connectivity index (χ2n) is 5.41. The zero-order valence-electron chi connectivity index (χ0n) is 11.9. The van der Waals surface area contributed by atoms with Crippen LogP contribution in [-0.4, -0.2) is 22.0 Å². The number of nitrogens with zero attached hydrogens (tertiary/aromatic N) is 4. The van der Waals surface area contributed by atoms with Crippen molar-refractivity contribution in [3.05, 3.63) is 41.5 Å². The zero-order chi connectivity index (χ0) is 14.1. The standard InChI is InChI=1S/C15H19N5/c1-10-13(16)18-14(12-5-6-12)19-15(10)20(2)9-11-4-3-7-17-8-11/h3-4,7-8,12H,5-6,9H2,1-2H3,(H2,16,18,19). The fourth-order valence-corrected chi connectivity index (χ4v) is 2.28. The van der Waals surface area contributed by atoms with Gasteiger partial charge in [0, 0.05) is 37.5 Å². The molecule has 0 saturated heterocycles. The van der Waals surface area contributed by atoms with Crippen LogP contribution in [0.25, 0.3) is 0 Å². The first-order valence-electron chi connectivity index (χ1n) is 6.89. The summed E-state index contributed by atoms with van der Waals surface area (Å²) in [7, 11) is 2.03. The first kappa shape index (κ1) is 12.8. The van der Waals surface area contributed by atoms with Crippen LogP contribution in [-0.2, 0) is 6.54 Å². The SMILES string of the molecule is Cc1c(N)nc(C2CC2)nc1N(C)Cc1cccnc1. The molecule has 0 spiro atoms. The number of aromatic nitrogens is 3. The number of anilines is 2. The molecule has 20 heavy (non-hydrogen) atoms. The lowest BCUT2D eigenvalue weighted by Crippen LogP contribution is -2.20. The number of hydrogen-bond acceptors (Lipinski definition) is 5. The van der Waals surface area contributed by atoms with E-state index < -0.39 is 0 Å². The molecule has 0 bridgehead atoms. The van der Waals surface area contributed by atoms with Crippen LogP contribution >= 0.6 is 0 Å². The third kappa shape index (κ3) is 2.57. The molecule has 0 aliphatic heterocycles. The van der Waals surface area contributed by atoms with Gasteiger partial charge >= 0.3 is 0 Å². The topological polar surface area (TPSA) is 67.9 Å². The van der Waals surface area contributed by atoms with Gasteiger partial charge in [0.15, 0.2) is 0 Å². The van der Waals surface area contributed by atoms with Crippen molar-refractivity contribution in [3.8, 4) is 0 Å². The summed E-state index contributed by atoms with van der Waals surface area (Å²) in [5.41, 5.74) is 8.13. The van der Waals surface area contributed by atoms with E-state index in [0.717, 1.165) is 29.3 Å². The molecule has 104 valence electrons. The highest BCUT2D eigenvalue weighted by atomic mass is 15.2. The minimum atomic E-state index is 0.503. The summed E-state index contributed by atoms with van der Waals surface area (Å²) in [5.74, 6) is 2.91. The average molecular weight is 269 g/mol. The second-order valence-corrected chi connectivity index (χ2v) is 5.41. The number of rotatable bonds is 4. The van der Waals surface area contributed by atoms with Crippen LogP contribution in [0.1, 0.15) is 35.7 Å². The maximum atomic E-state index is 6.03. The highest BCUT2D eigenvalue weighted by molar-refractivity contribution is 5.56. The summed E-state index contributed by atoms with van der Waals surface area (Å²) in [4.78, 5) is 15.4. The molecule has 2 heterocycles. The Kier molecular flexibility index (Phi) is 3.26. The Hall–Kier alpha value is -2.17. The third-order valence-corrected chi connectivity index (χ3v) is 3.62. The number of nitrogens with two attached hydrogens (primary N) is 1. The first-order valence-corrected chi connectivity index (χ1v) is 6.89. The highest BCUT2D eigenvalue weighted by Crippen LogP contribution is 2.39. The molecular weight excluding hydrogens is 250 g/mol. The lowest BCUT2D eigenvalue weighted by atomic mass is 10.2. The molecule has 0 unspecified atom stereocenters. The lowest BCUT2D eigenvalue weighted by molar-refractivity contribution is 0.845. The van der Waals surface area contributed by atoms with Gasteiger partial charge in [-0.15, -0.1) is 0 Å². The van der Waals surface area contributed by atoms with Crippen molar-refractivity contribution in [1.29, 1.82) is 0 Å². The van der Waals surface area contributed by atoms with Gasteiger partial charge in [0.05, 0.1) is 0 Å². The van der Waals surface area contributed by atoms with E-state index in [-0.39, 0.29) is 0 Å². The van der Waals surface area contributed by atoms with Crippen molar-refractivity contribution in [2.75, 3.05) is 17.7 Å². The van der Waals surface area contributed by atoms with Gasteiger partial charge in [-0.3, -0.25) is 4.98 Å². The van der Waals surface area contributed by atoms with Crippen LogP contribution in [0.2, 0.25) is 0 Å². The summed E-state index contributed by atoms with van der Waals surface area (Å²) in [6.45, 7) is 2.73. The van der Waals surface area contributed by atoms with Gasteiger partial charge in [0.1, 0.15) is 17.5 Å². The zero-order valence-corrected chi connectivity index (χ0v) is 11.9. The van der Waals surface area contributed by atoms with Gasteiger partial charge in [0.2, 0.25) is 0 Å². The molecule has 0 radical (unpaired) electrons. The van der Waals surface area contributed by atoms with Crippen LogP contribution in [0.4, 0.5) is 11.6 Å². The van der Waals surface area contributed by atoms with Crippen LogP contribution in [0.5, 0.6) is 0 Å². The maximum Gasteiger partial charge on any atom is 0.137 e. The van der Waals surface area contributed by atoms with Crippen LogP contribution in [0.15, 0.2) is 24.5 Å². The molecule has 0 aromatic carbocycles. The molecule has 2 aromatic rings. The molecule has 3 rings (SSSR count). The summed E-state index contributed by atoms with van der Waals surface area (Å²) in [5, 5.41) is 0. The van der Waals surface area contributed by atoms with Crippen LogP contribution < -0.4 is 10.6 Å². The van der Waals surface area contributed by atoms with Gasteiger partial charge < -0.3 is 10.6 Å². The maximum absolute atomic E-state index is 6.03. The molecule has 5 heteroatoms. The fraction of sp³-hybridized carbons (Fsp3) is 0.400. The van der Waals surface area contributed by atoms with Gasteiger partial charge in [-0.1, -0.05) is 6.07 Å². The summed E-state index contributed by atoms with van der Waals surface area (Å²) in [6.07, 6.45) is 6.00. The Morgan fingerprint density at radius 3 is 2.80 bits per heavy atom. The Morgan fingerprint density at radius 1 is 1.35 bits per heavy atom. The molecule has 1 aliphatic carbocycles. The van der Waals surface area contributed by atoms with Crippen LogP contribution in [0, 0.1) is 6.92 Å². The number of pyridine rings is 1. The van der Waals surface area contributed by atoms with E-state index in [1.54, 1.807) is 6.20 Å². The molecule has 1 saturated carbocycles. The predicted molar refractivity (Wildman–Crippen MR) is 79.5 cm³/mol. The molecule has 0 amide bonds. The van der Waals surface area contributed by atoms with E-state index in [9.17, 15) is 0 Å². The van der Waals surface area contributed by atoms with E-state index in [2.05, 4.69) is 20.9 Å². The Morgan fingerprint density at radius 2 is 2.15 bits per heavy atom. The monoisotopic (exact) mass is 269 g/mol. The summed E-state index contributed by atoms with van der Waals surface area (Å²) >= 11 is 0. The average Bonchev–Trinajstić information content (AvgIpc) is 3.27. The van der Waals surface area contributed by atoms with Crippen molar-refractivity contribution in [1.82, 2.24) is 15.0 Å². The Labute approximate surface area is 118 Å². The summed E-state index contributed by atoms with van der Waals surface area (Å²) < 4.78 is 0. The van der Waals surface area contributed by atoms with E-state index in [0.29, 0.717) is 11.7 Å². The Balaban J connectivity index is 1.88. The molecular formula is C15H19N5. The molecule has 0 atom stereocenters. The van der Waals surface area contributed by atoms with Crippen molar-refractivity contribution >= 4 is 11.6 Å². The van der Waals surface area contributed by atoms with Crippen molar-refractivity contribution in [3.63, 3.8) is 0 Å². The molecule has 5 nitrogen and oxygen atoms in total. The fourth-order valence-electron chi connectivity index (χ4n) is 2.28. The lowest BCUT2D eigenvalue weighted by Gasteiger charge is -2.21. The minimum Gasteiger partial charge on any atom is -0.383 e. The van der Waals surface area contributed by atoms with Crippen molar-refractivity contribution < 1.29 is 0 Å². The van der Waals surface area contributed by atoms with Gasteiger partial charge in [0.25, 0.3) is 0 Å². The van der Waals surface area contributed by atoms with E-state index in [1.165, 1.54) is 12.8 Å². The smallest absolute Gasteiger partial charge is 0.137 e. The van der Waals surface area contributed by atoms with Gasteiger partial charge in [-0.25, -0.2) is 9.97 Å². The molecule has 2 aromatic heterocycles. The van der Waals surface area contributed by atoms with E-state index in [1.807, 2.05) is 26.2 Å². The Bertz CT molecular complexity index is 607. The number of nitrogen functional groups attached to an aromatic ring is 1. The van der Waals surface area contributed by atoms with Crippen LogP contribution in [0.3, 0.4) is 0 Å². The van der Waals surface area contributed by atoms with Gasteiger partial charge in [-0.05, 0) is 31.4 Å². The quantitative estimate of drug-likeness (QED) is 0.922. The second kappa shape index (κ2) is 5.07. The normalized spacial score (nSPS) is 14.3. The highest BCUT2D eigenvalue weighted by Gasteiger charge is 2.28. The first-order chi connectivity index (χ1) is 9.65. The molecule has 1 fully saturated rings. The van der Waals surface area contributed by atoms with E-state index >= 15 is 0 Å². The minimum absolute atomic E-state index is 0.503.